The molecule has 2 nitrogen and oxygen atoms in total. The Labute approximate surface area is 110 Å². The second kappa shape index (κ2) is 4.35. The van der Waals surface area contributed by atoms with Gasteiger partial charge in [-0.05, 0) is 43.0 Å². The Morgan fingerprint density at radius 1 is 1.44 bits per heavy atom. The van der Waals surface area contributed by atoms with Crippen LogP contribution in [-0.2, 0) is 6.42 Å². The largest absolute Gasteiger partial charge is 0.375 e. The van der Waals surface area contributed by atoms with Crippen LogP contribution in [0.2, 0.25) is 0 Å². The number of benzene rings is 1. The monoisotopic (exact) mass is 262 g/mol. The Balaban J connectivity index is 1.94. The van der Waals surface area contributed by atoms with Gasteiger partial charge in [-0.3, -0.25) is 0 Å². The highest BCUT2D eigenvalue weighted by Gasteiger charge is 2.29. The van der Waals surface area contributed by atoms with Crippen molar-refractivity contribution in [1.29, 1.82) is 0 Å². The lowest BCUT2D eigenvalue weighted by Gasteiger charge is -2.05. The van der Waals surface area contributed by atoms with Crippen LogP contribution in [0.1, 0.15) is 40.5 Å². The van der Waals surface area contributed by atoms with E-state index in [-0.39, 0.29) is 5.82 Å². The van der Waals surface area contributed by atoms with E-state index in [0.29, 0.717) is 11.0 Å². The second-order valence-corrected chi connectivity index (χ2v) is 6.00. The van der Waals surface area contributed by atoms with Gasteiger partial charge in [0.25, 0.3) is 0 Å². The molecule has 1 fully saturated rings. The zero-order valence-electron chi connectivity index (χ0n) is 10.2. The molecule has 0 bridgehead atoms. The molecule has 1 aliphatic carbocycles. The first kappa shape index (κ1) is 11.7. The molecule has 1 heterocycles. The number of halogens is 1. The van der Waals surface area contributed by atoms with Gasteiger partial charge in [0.2, 0.25) is 0 Å². The Hall–Kier alpha value is -1.42. The molecule has 0 spiro atoms. The number of anilines is 1. The first-order valence-electron chi connectivity index (χ1n) is 6.13. The van der Waals surface area contributed by atoms with Crippen LogP contribution in [0.3, 0.4) is 0 Å². The summed E-state index contributed by atoms with van der Waals surface area (Å²) < 4.78 is 13.3. The first-order chi connectivity index (χ1) is 8.63. The van der Waals surface area contributed by atoms with Gasteiger partial charge in [0.15, 0.2) is 5.13 Å². The van der Waals surface area contributed by atoms with Gasteiger partial charge in [0, 0.05) is 17.2 Å². The van der Waals surface area contributed by atoms with E-state index in [1.807, 2.05) is 13.0 Å². The van der Waals surface area contributed by atoms with Gasteiger partial charge in [-0.15, -0.1) is 11.3 Å². The van der Waals surface area contributed by atoms with E-state index in [1.54, 1.807) is 6.07 Å². The fraction of sp³-hybridized carbons (Fsp3) is 0.357. The Morgan fingerprint density at radius 3 is 2.94 bits per heavy atom. The average molecular weight is 262 g/mol. The van der Waals surface area contributed by atoms with Gasteiger partial charge in [-0.2, -0.15) is 0 Å². The van der Waals surface area contributed by atoms with Crippen LogP contribution in [0.25, 0.3) is 0 Å². The maximum Gasteiger partial charge on any atom is 0.180 e. The summed E-state index contributed by atoms with van der Waals surface area (Å²) in [4.78, 5) is 5.62. The number of hydrogen-bond donors (Lipinski definition) is 1. The molecule has 1 aromatic heterocycles. The molecule has 0 aliphatic heterocycles. The van der Waals surface area contributed by atoms with Crippen molar-refractivity contribution < 1.29 is 4.39 Å². The summed E-state index contributed by atoms with van der Waals surface area (Å²) in [7, 11) is 0. The van der Waals surface area contributed by atoms with E-state index in [2.05, 4.69) is 4.98 Å². The molecule has 0 atom stereocenters. The van der Waals surface area contributed by atoms with Crippen molar-refractivity contribution in [3.63, 3.8) is 0 Å². The van der Waals surface area contributed by atoms with Gasteiger partial charge in [0.05, 0.1) is 5.69 Å². The number of hydrogen-bond acceptors (Lipinski definition) is 3. The third-order valence-corrected chi connectivity index (χ3v) is 4.27. The van der Waals surface area contributed by atoms with Crippen LogP contribution in [0, 0.1) is 12.7 Å². The fourth-order valence-corrected chi connectivity index (χ4v) is 3.13. The van der Waals surface area contributed by atoms with E-state index >= 15 is 0 Å². The zero-order chi connectivity index (χ0) is 12.7. The molecular formula is C14H15FN2S. The third kappa shape index (κ3) is 2.25. The molecule has 4 heteroatoms. The van der Waals surface area contributed by atoms with Crippen LogP contribution < -0.4 is 5.73 Å². The molecule has 0 saturated heterocycles. The average Bonchev–Trinajstić information content (AvgIpc) is 3.09. The van der Waals surface area contributed by atoms with Crippen molar-refractivity contribution in [2.75, 3.05) is 5.73 Å². The maximum atomic E-state index is 13.3. The minimum absolute atomic E-state index is 0.180. The molecule has 1 aromatic carbocycles. The van der Waals surface area contributed by atoms with Gasteiger partial charge in [0.1, 0.15) is 5.82 Å². The standard InChI is InChI=1S/C14H15FN2S/c1-8-2-5-11(15)6-10(8)7-12-13(9-3-4-9)17-14(16)18-12/h2,5-6,9H,3-4,7H2,1H3,(H2,16,17). The Morgan fingerprint density at radius 2 is 2.22 bits per heavy atom. The third-order valence-electron chi connectivity index (χ3n) is 3.37. The smallest absolute Gasteiger partial charge is 0.180 e. The molecular weight excluding hydrogens is 247 g/mol. The molecule has 2 N–H and O–H groups in total. The highest BCUT2D eigenvalue weighted by atomic mass is 32.1. The molecule has 0 radical (unpaired) electrons. The summed E-state index contributed by atoms with van der Waals surface area (Å²) in [5.41, 5.74) is 9.08. The van der Waals surface area contributed by atoms with Crippen molar-refractivity contribution in [2.45, 2.75) is 32.1 Å². The number of thiazole rings is 1. The summed E-state index contributed by atoms with van der Waals surface area (Å²) in [6.45, 7) is 2.01. The lowest BCUT2D eigenvalue weighted by Crippen LogP contribution is -1.94. The number of nitrogen functional groups attached to an aromatic ring is 1. The minimum Gasteiger partial charge on any atom is -0.375 e. The molecule has 1 aliphatic rings. The van der Waals surface area contributed by atoms with Gasteiger partial charge < -0.3 is 5.73 Å². The lowest BCUT2D eigenvalue weighted by atomic mass is 10.0. The topological polar surface area (TPSA) is 38.9 Å². The summed E-state index contributed by atoms with van der Waals surface area (Å²) in [5.74, 6) is 0.406. The highest BCUT2D eigenvalue weighted by Crippen LogP contribution is 2.43. The Bertz CT molecular complexity index is 587. The van der Waals surface area contributed by atoms with Gasteiger partial charge in [-0.25, -0.2) is 9.37 Å². The SMILES string of the molecule is Cc1ccc(F)cc1Cc1sc(N)nc1C1CC1. The zero-order valence-corrected chi connectivity index (χ0v) is 11.1. The van der Waals surface area contributed by atoms with Crippen LogP contribution >= 0.6 is 11.3 Å². The number of nitrogens with zero attached hydrogens (tertiary/aromatic N) is 1. The molecule has 0 amide bonds. The maximum absolute atomic E-state index is 13.3. The van der Waals surface area contributed by atoms with Crippen LogP contribution in [-0.4, -0.2) is 4.98 Å². The molecule has 3 rings (SSSR count). The van der Waals surface area contributed by atoms with Crippen LogP contribution in [0.5, 0.6) is 0 Å². The molecule has 94 valence electrons. The van der Waals surface area contributed by atoms with E-state index < -0.39 is 0 Å². The van der Waals surface area contributed by atoms with Gasteiger partial charge in [-0.1, -0.05) is 6.07 Å². The first-order valence-corrected chi connectivity index (χ1v) is 6.95. The van der Waals surface area contributed by atoms with E-state index in [0.717, 1.165) is 23.2 Å². The van der Waals surface area contributed by atoms with Crippen molar-refractivity contribution in [3.05, 3.63) is 45.7 Å². The van der Waals surface area contributed by atoms with Crippen molar-refractivity contribution >= 4 is 16.5 Å². The Kier molecular flexibility index (Phi) is 2.82. The molecule has 2 aromatic rings. The number of aromatic nitrogens is 1. The quantitative estimate of drug-likeness (QED) is 0.917. The fourth-order valence-electron chi connectivity index (χ4n) is 2.19. The second-order valence-electron chi connectivity index (χ2n) is 4.88. The van der Waals surface area contributed by atoms with E-state index in [9.17, 15) is 4.39 Å². The summed E-state index contributed by atoms with van der Waals surface area (Å²) in [6, 6.07) is 4.94. The van der Waals surface area contributed by atoms with Crippen LogP contribution in [0.4, 0.5) is 9.52 Å². The van der Waals surface area contributed by atoms with Crippen LogP contribution in [0.15, 0.2) is 18.2 Å². The number of rotatable bonds is 3. The predicted molar refractivity (Wildman–Crippen MR) is 72.4 cm³/mol. The molecule has 18 heavy (non-hydrogen) atoms. The van der Waals surface area contributed by atoms with Crippen molar-refractivity contribution in [2.24, 2.45) is 0 Å². The minimum atomic E-state index is -0.180. The molecule has 0 unspecified atom stereocenters. The number of nitrogens with two attached hydrogens (primary N) is 1. The van der Waals surface area contributed by atoms with Crippen molar-refractivity contribution in [1.82, 2.24) is 4.98 Å². The predicted octanol–water partition coefficient (Wildman–Crippen LogP) is 3.64. The lowest BCUT2D eigenvalue weighted by molar-refractivity contribution is 0.625. The van der Waals surface area contributed by atoms with Crippen molar-refractivity contribution in [3.8, 4) is 0 Å². The summed E-state index contributed by atoms with van der Waals surface area (Å²) in [6.07, 6.45) is 3.15. The van der Waals surface area contributed by atoms with E-state index in [1.165, 1.54) is 35.1 Å². The normalized spacial score (nSPS) is 15.0. The summed E-state index contributed by atoms with van der Waals surface area (Å²) in [5, 5.41) is 0.626. The van der Waals surface area contributed by atoms with Gasteiger partial charge >= 0.3 is 0 Å². The highest BCUT2D eigenvalue weighted by molar-refractivity contribution is 7.15. The van der Waals surface area contributed by atoms with E-state index in [4.69, 9.17) is 5.73 Å². The molecule has 1 saturated carbocycles. The summed E-state index contributed by atoms with van der Waals surface area (Å²) >= 11 is 1.54. The number of aryl methyl sites for hydroxylation is 1.